The highest BCUT2D eigenvalue weighted by Crippen LogP contribution is 2.57. The van der Waals surface area contributed by atoms with E-state index in [0.717, 1.165) is 74.9 Å². The highest BCUT2D eigenvalue weighted by Gasteiger charge is 2.55. The maximum Gasteiger partial charge on any atom is 0.407 e. The fraction of sp³-hybridized carbons (Fsp3) is 0.429. The van der Waals surface area contributed by atoms with Crippen LogP contribution in [0, 0.1) is 33.5 Å². The molecule has 2 aromatic heterocycles. The van der Waals surface area contributed by atoms with Crippen molar-refractivity contribution >= 4 is 33.8 Å². The first kappa shape index (κ1) is 42.2. The van der Waals surface area contributed by atoms with Crippen LogP contribution in [0.3, 0.4) is 0 Å². The lowest BCUT2D eigenvalue weighted by Crippen LogP contribution is -2.58. The summed E-state index contributed by atoms with van der Waals surface area (Å²) in [6.07, 6.45) is 11.5. The Morgan fingerprint density at radius 2 is 1.15 bits per heavy atom. The Bertz CT molecular complexity index is 2370. The third-order valence-electron chi connectivity index (χ3n) is 11.2. The number of nitrogens with one attached hydrogen (secondary N) is 2. The molecule has 2 amide bonds. The first-order valence-corrected chi connectivity index (χ1v) is 22.5. The summed E-state index contributed by atoms with van der Waals surface area (Å²) < 4.78 is 45.6. The van der Waals surface area contributed by atoms with Gasteiger partial charge >= 0.3 is 12.2 Å². The zero-order valence-electron chi connectivity index (χ0n) is 33.1. The van der Waals surface area contributed by atoms with E-state index in [4.69, 9.17) is 18.9 Å². The number of hydrogen-bond acceptors (Lipinski definition) is 15. The monoisotopic (exact) mass is 852 g/mol. The fourth-order valence-corrected chi connectivity index (χ4v) is 9.14. The van der Waals surface area contributed by atoms with Crippen molar-refractivity contribution < 1.29 is 37.0 Å². The molecule has 0 saturated heterocycles. The number of amides is 2. The lowest BCUT2D eigenvalue weighted by Gasteiger charge is -2.56. The highest BCUT2D eigenvalue weighted by molar-refractivity contribution is 7.98. The van der Waals surface area contributed by atoms with Gasteiger partial charge in [0.2, 0.25) is 26.8 Å². The largest absolute Gasteiger partial charge is 0.473 e. The molecule has 4 aromatic rings. The molecule has 2 spiro atoms. The quantitative estimate of drug-likeness (QED) is 0.122. The lowest BCUT2D eigenvalue weighted by atomic mass is 9.53. The predicted octanol–water partition coefficient (Wildman–Crippen LogP) is 6.05. The van der Waals surface area contributed by atoms with E-state index >= 15 is 0 Å². The molecule has 0 bridgehead atoms. The number of nitriles is 2. The number of nitrogens with zero attached hydrogens (tertiary/aromatic N) is 6. The Hall–Kier alpha value is -5.98. The third kappa shape index (κ3) is 10.4. The number of thioether (sulfide) groups is 1. The Morgan fingerprint density at radius 3 is 1.57 bits per heavy atom. The molecular formula is C42H44N8O8S2. The Morgan fingerprint density at radius 1 is 0.717 bits per heavy atom. The van der Waals surface area contributed by atoms with Crippen LogP contribution in [0.1, 0.15) is 73.6 Å². The van der Waals surface area contributed by atoms with Gasteiger partial charge in [0.05, 0.1) is 12.4 Å². The Labute approximate surface area is 352 Å². The minimum Gasteiger partial charge on any atom is -0.473 e. The molecular weight excluding hydrogens is 809 g/mol. The number of hydrogen-bond donors (Lipinski definition) is 2. The van der Waals surface area contributed by atoms with Gasteiger partial charge < -0.3 is 29.6 Å². The molecule has 0 atom stereocenters. The van der Waals surface area contributed by atoms with Crippen molar-refractivity contribution in [1.29, 1.82) is 10.5 Å². The molecule has 0 radical (unpaired) electrons. The van der Waals surface area contributed by atoms with E-state index < -0.39 is 15.9 Å². The number of aromatic nitrogens is 4. The summed E-state index contributed by atoms with van der Waals surface area (Å²) in [5, 5.41) is 24.5. The summed E-state index contributed by atoms with van der Waals surface area (Å²) in [5.41, 5.74) is 2.69. The zero-order chi connectivity index (χ0) is 42.3. The number of benzene rings is 2. The van der Waals surface area contributed by atoms with E-state index in [-0.39, 0.29) is 71.0 Å². The van der Waals surface area contributed by atoms with Gasteiger partial charge in [-0.15, -0.1) is 0 Å². The van der Waals surface area contributed by atoms with Crippen molar-refractivity contribution in [3.05, 3.63) is 95.3 Å². The molecule has 16 nitrogen and oxygen atoms in total. The maximum atomic E-state index is 12.0. The van der Waals surface area contributed by atoms with Gasteiger partial charge in [-0.1, -0.05) is 72.4 Å². The molecule has 18 heteroatoms. The average molecular weight is 853 g/mol. The van der Waals surface area contributed by atoms with Crippen LogP contribution in [0.2, 0.25) is 0 Å². The highest BCUT2D eigenvalue weighted by atomic mass is 32.2. The van der Waals surface area contributed by atoms with Gasteiger partial charge in [-0.05, 0) is 79.6 Å². The van der Waals surface area contributed by atoms with Crippen LogP contribution in [0.5, 0.6) is 11.8 Å². The standard InChI is InChI=1S/C21H22N4O5S.C21H22N4O3S/c1-31(27,28)19-23-12-15(11-22)18(25-19)30-17-9-21(10-17)7-16(8-21)24-20(26)29-13-14-5-3-2-4-6-14;1-29-19-23-12-15(11-22)18(25-19)28-17-9-21(10-17)7-16(8-21)24-20(26)27-13-14-5-3-2-4-6-14/h2-6,12,16-17H,7-10,13H2,1H3,(H,24,26);2-6,12,16-17H,7-10,13H2,1H3,(H,24,26). The van der Waals surface area contributed by atoms with Crippen LogP contribution < -0.4 is 20.1 Å². The minimum atomic E-state index is -3.60. The van der Waals surface area contributed by atoms with E-state index in [0.29, 0.717) is 16.6 Å². The topological polar surface area (TPSA) is 228 Å². The summed E-state index contributed by atoms with van der Waals surface area (Å²) >= 11 is 1.42. The van der Waals surface area contributed by atoms with Crippen LogP contribution in [0.15, 0.2) is 83.4 Å². The second-order valence-corrected chi connectivity index (χ2v) is 18.5. The van der Waals surface area contributed by atoms with E-state index in [1.165, 1.54) is 18.0 Å². The van der Waals surface area contributed by atoms with Crippen LogP contribution >= 0.6 is 11.8 Å². The van der Waals surface area contributed by atoms with Crippen LogP contribution in [-0.2, 0) is 32.5 Å². The normalized spacial score (nSPS) is 24.5. The molecule has 60 heavy (non-hydrogen) atoms. The third-order valence-corrected chi connectivity index (χ3v) is 12.6. The van der Waals surface area contributed by atoms with E-state index in [1.54, 1.807) is 0 Å². The van der Waals surface area contributed by atoms with Gasteiger partial charge in [0, 0.05) is 18.3 Å². The van der Waals surface area contributed by atoms with Crippen molar-refractivity contribution in [3.63, 3.8) is 0 Å². The number of ether oxygens (including phenoxy) is 4. The molecule has 4 aliphatic rings. The number of rotatable bonds is 12. The van der Waals surface area contributed by atoms with Gasteiger partial charge in [0.1, 0.15) is 48.7 Å². The minimum absolute atomic E-state index is 0.00346. The first-order valence-electron chi connectivity index (χ1n) is 19.4. The predicted molar refractivity (Wildman–Crippen MR) is 216 cm³/mol. The fourth-order valence-electron chi connectivity index (χ4n) is 8.31. The Balaban J connectivity index is 0.000000182. The van der Waals surface area contributed by atoms with Crippen molar-refractivity contribution in [1.82, 2.24) is 30.6 Å². The molecule has 4 saturated carbocycles. The van der Waals surface area contributed by atoms with Gasteiger partial charge in [0.15, 0.2) is 5.16 Å². The maximum absolute atomic E-state index is 12.0. The van der Waals surface area contributed by atoms with Crippen LogP contribution in [0.4, 0.5) is 9.59 Å². The molecule has 4 fully saturated rings. The van der Waals surface area contributed by atoms with Crippen LogP contribution in [-0.4, -0.2) is 77.3 Å². The van der Waals surface area contributed by atoms with Gasteiger partial charge in [-0.3, -0.25) is 0 Å². The molecule has 0 unspecified atom stereocenters. The molecule has 2 N–H and O–H groups in total. The smallest absolute Gasteiger partial charge is 0.407 e. The second kappa shape index (κ2) is 18.1. The van der Waals surface area contributed by atoms with Crippen molar-refractivity contribution in [2.75, 3.05) is 12.5 Å². The van der Waals surface area contributed by atoms with Gasteiger partial charge in [0.25, 0.3) is 0 Å². The van der Waals surface area contributed by atoms with E-state index in [9.17, 15) is 28.5 Å². The molecule has 312 valence electrons. The second-order valence-electron chi connectivity index (χ2n) is 15.9. The zero-order valence-corrected chi connectivity index (χ0v) is 34.7. The van der Waals surface area contributed by atoms with Gasteiger partial charge in [-0.2, -0.15) is 20.5 Å². The lowest BCUT2D eigenvalue weighted by molar-refractivity contribution is -0.0863. The van der Waals surface area contributed by atoms with E-state index in [2.05, 4.69) is 36.6 Å². The number of carbonyl (C=O) groups excluding carboxylic acids is 2. The summed E-state index contributed by atoms with van der Waals surface area (Å²) in [5.74, 6) is 0.362. The summed E-state index contributed by atoms with van der Waals surface area (Å²) in [6, 6.07) is 23.3. The summed E-state index contributed by atoms with van der Waals surface area (Å²) in [4.78, 5) is 40.0. The SMILES string of the molecule is CS(=O)(=O)c1ncc(C#N)c(OC2CC3(CC(NC(=O)OCc4ccccc4)C3)C2)n1.CSc1ncc(C#N)c(OC2CC3(CC(NC(=O)OCc4ccccc4)C3)C2)n1. The first-order chi connectivity index (χ1) is 28.8. The average Bonchev–Trinajstić information content (AvgIpc) is 3.19. The molecule has 2 aromatic carbocycles. The Kier molecular flexibility index (Phi) is 12.7. The number of sulfone groups is 1. The summed E-state index contributed by atoms with van der Waals surface area (Å²) in [7, 11) is -3.60. The van der Waals surface area contributed by atoms with Crippen molar-refractivity contribution in [2.24, 2.45) is 10.8 Å². The summed E-state index contributed by atoms with van der Waals surface area (Å²) in [6.45, 7) is 0.509. The van der Waals surface area contributed by atoms with Crippen molar-refractivity contribution in [3.8, 4) is 23.9 Å². The van der Waals surface area contributed by atoms with Gasteiger partial charge in [-0.25, -0.2) is 28.0 Å². The van der Waals surface area contributed by atoms with Crippen molar-refractivity contribution in [2.45, 2.75) is 99.2 Å². The number of alkyl carbamates (subject to hydrolysis) is 2. The molecule has 4 aliphatic carbocycles. The molecule has 2 heterocycles. The van der Waals surface area contributed by atoms with Crippen LogP contribution in [0.25, 0.3) is 0 Å². The molecule has 0 aliphatic heterocycles. The van der Waals surface area contributed by atoms with E-state index in [1.807, 2.05) is 73.0 Å². The number of carbonyl (C=O) groups is 2. The molecule has 8 rings (SSSR count).